The minimum absolute atomic E-state index is 0.00780. The lowest BCUT2D eigenvalue weighted by molar-refractivity contribution is -0.384. The summed E-state index contributed by atoms with van der Waals surface area (Å²) in [6, 6.07) is 16.6. The molecule has 10 heteroatoms. The minimum Gasteiger partial charge on any atom is -0.304 e. The number of halogens is 1. The molecule has 0 N–H and O–H groups in total. The van der Waals surface area contributed by atoms with E-state index in [1.165, 1.54) is 52.3 Å². The van der Waals surface area contributed by atoms with E-state index in [1.807, 2.05) is 32.9 Å². The Bertz CT molecular complexity index is 1470. The summed E-state index contributed by atoms with van der Waals surface area (Å²) in [5.41, 5.74) is 2.00. The van der Waals surface area contributed by atoms with Crippen molar-refractivity contribution < 1.29 is 23.1 Å². The summed E-state index contributed by atoms with van der Waals surface area (Å²) in [6.45, 7) is 6.14. The molecule has 0 aliphatic carbocycles. The Labute approximate surface area is 215 Å². The van der Waals surface area contributed by atoms with Gasteiger partial charge >= 0.3 is 0 Å². The highest BCUT2D eigenvalue weighted by Crippen LogP contribution is 2.52. The first-order chi connectivity index (χ1) is 17.4. The predicted molar refractivity (Wildman–Crippen MR) is 138 cm³/mol. The molecule has 3 aromatic carbocycles. The lowest BCUT2D eigenvalue weighted by Gasteiger charge is -2.33. The van der Waals surface area contributed by atoms with Gasteiger partial charge in [0.15, 0.2) is 0 Å². The lowest BCUT2D eigenvalue weighted by atomic mass is 9.87. The first-order valence-electron chi connectivity index (χ1n) is 11.6. The summed E-state index contributed by atoms with van der Waals surface area (Å²) in [5.74, 6) is -1.98. The maximum absolute atomic E-state index is 14.2. The summed E-state index contributed by atoms with van der Waals surface area (Å²) in [4.78, 5) is 39.2. The molecule has 0 aromatic heterocycles. The highest BCUT2D eigenvalue weighted by Gasteiger charge is 2.65. The van der Waals surface area contributed by atoms with E-state index in [2.05, 4.69) is 0 Å². The van der Waals surface area contributed by atoms with Crippen LogP contribution in [0.25, 0.3) is 0 Å². The summed E-state index contributed by atoms with van der Waals surface area (Å²) in [5, 5.41) is 11.6. The van der Waals surface area contributed by atoms with Gasteiger partial charge in [-0.3, -0.25) is 28.8 Å². The number of carbonyl (C=O) groups excluding carboxylic acids is 2. The largest absolute Gasteiger partial charge is 0.304 e. The molecule has 0 radical (unpaired) electrons. The van der Waals surface area contributed by atoms with Gasteiger partial charge in [0.1, 0.15) is 11.6 Å². The molecular formula is C27H24FN3O5S. The van der Waals surface area contributed by atoms with E-state index in [1.54, 1.807) is 12.1 Å². The van der Waals surface area contributed by atoms with Crippen LogP contribution in [0.1, 0.15) is 37.5 Å². The molecule has 190 valence electrons. The molecule has 1 fully saturated rings. The van der Waals surface area contributed by atoms with Crippen molar-refractivity contribution in [2.45, 2.75) is 37.6 Å². The molecule has 37 heavy (non-hydrogen) atoms. The fraction of sp³-hybridized carbons (Fsp3) is 0.259. The molecule has 0 bridgehead atoms. The zero-order valence-corrected chi connectivity index (χ0v) is 21.3. The SMILES string of the molecule is CC(C)(C)c1ccc(N2C(=O)CS(=O)C23C(=O)N(Cc2ccc(F)cc2)c2ccc([N+](=O)[O-])cc23)cc1. The number of non-ortho nitro benzene ring substituents is 1. The van der Waals surface area contributed by atoms with E-state index < -0.39 is 44.0 Å². The topological polar surface area (TPSA) is 101 Å². The van der Waals surface area contributed by atoms with Gasteiger partial charge in [-0.15, -0.1) is 0 Å². The van der Waals surface area contributed by atoms with Gasteiger partial charge in [0.05, 0.1) is 28.0 Å². The molecule has 1 saturated heterocycles. The number of nitrogens with zero attached hydrogens (tertiary/aromatic N) is 3. The van der Waals surface area contributed by atoms with Crippen molar-refractivity contribution in [3.05, 3.63) is 99.4 Å². The number of nitro benzene ring substituents is 1. The number of anilines is 2. The summed E-state index contributed by atoms with van der Waals surface area (Å²) in [7, 11) is -2.03. The van der Waals surface area contributed by atoms with Crippen LogP contribution in [0.2, 0.25) is 0 Å². The zero-order valence-electron chi connectivity index (χ0n) is 20.4. The first-order valence-corrected chi connectivity index (χ1v) is 12.9. The second kappa shape index (κ2) is 8.58. The Morgan fingerprint density at radius 1 is 1.03 bits per heavy atom. The number of rotatable bonds is 4. The Morgan fingerprint density at radius 3 is 2.27 bits per heavy atom. The van der Waals surface area contributed by atoms with Crippen LogP contribution in [0.5, 0.6) is 0 Å². The van der Waals surface area contributed by atoms with Gasteiger partial charge in [0, 0.05) is 23.4 Å². The molecule has 2 aliphatic rings. The third kappa shape index (κ3) is 3.83. The van der Waals surface area contributed by atoms with Crippen molar-refractivity contribution in [1.82, 2.24) is 0 Å². The minimum atomic E-state index is -2.03. The smallest absolute Gasteiger partial charge is 0.271 e. The van der Waals surface area contributed by atoms with E-state index in [0.717, 1.165) is 5.56 Å². The van der Waals surface area contributed by atoms with Gasteiger partial charge in [-0.25, -0.2) is 4.39 Å². The molecule has 2 unspecified atom stereocenters. The van der Waals surface area contributed by atoms with Crippen molar-refractivity contribution in [2.24, 2.45) is 0 Å². The van der Waals surface area contributed by atoms with E-state index in [-0.39, 0.29) is 23.2 Å². The van der Waals surface area contributed by atoms with Crippen LogP contribution in [0.4, 0.5) is 21.5 Å². The lowest BCUT2D eigenvalue weighted by Crippen LogP contribution is -2.52. The Hall–Kier alpha value is -3.92. The second-order valence-electron chi connectivity index (χ2n) is 10.1. The highest BCUT2D eigenvalue weighted by atomic mass is 32.2. The van der Waals surface area contributed by atoms with Crippen molar-refractivity contribution in [3.8, 4) is 0 Å². The maximum Gasteiger partial charge on any atom is 0.271 e. The number of nitro groups is 1. The highest BCUT2D eigenvalue weighted by molar-refractivity contribution is 7.88. The van der Waals surface area contributed by atoms with Crippen LogP contribution in [-0.2, 0) is 37.2 Å². The zero-order chi connectivity index (χ0) is 26.7. The van der Waals surface area contributed by atoms with Gasteiger partial charge in [-0.1, -0.05) is 45.0 Å². The maximum atomic E-state index is 14.2. The third-order valence-electron chi connectivity index (χ3n) is 6.78. The molecular weight excluding hydrogens is 497 g/mol. The Morgan fingerprint density at radius 2 is 1.68 bits per heavy atom. The Kier molecular flexibility index (Phi) is 5.74. The van der Waals surface area contributed by atoms with Crippen LogP contribution in [0.3, 0.4) is 0 Å². The second-order valence-corrected chi connectivity index (χ2v) is 11.7. The molecule has 2 atom stereocenters. The number of hydrogen-bond donors (Lipinski definition) is 0. The van der Waals surface area contributed by atoms with E-state index in [4.69, 9.17) is 0 Å². The number of carbonyl (C=O) groups is 2. The number of hydrogen-bond acceptors (Lipinski definition) is 5. The van der Waals surface area contributed by atoms with Gasteiger partial charge in [0.25, 0.3) is 11.6 Å². The molecule has 5 rings (SSSR count). The predicted octanol–water partition coefficient (Wildman–Crippen LogP) is 4.53. The fourth-order valence-corrected chi connectivity index (χ4v) is 6.60. The average Bonchev–Trinajstić information content (AvgIpc) is 3.25. The van der Waals surface area contributed by atoms with Crippen molar-refractivity contribution in [3.63, 3.8) is 0 Å². The molecule has 2 aliphatic heterocycles. The first kappa shape index (κ1) is 24.8. The van der Waals surface area contributed by atoms with Crippen LogP contribution in [0, 0.1) is 15.9 Å². The quantitative estimate of drug-likeness (QED) is 0.371. The molecule has 0 saturated carbocycles. The van der Waals surface area contributed by atoms with Gasteiger partial charge in [-0.2, -0.15) is 0 Å². The van der Waals surface area contributed by atoms with E-state index in [0.29, 0.717) is 16.9 Å². The summed E-state index contributed by atoms with van der Waals surface area (Å²) >= 11 is 0. The summed E-state index contributed by atoms with van der Waals surface area (Å²) in [6.07, 6.45) is 0. The van der Waals surface area contributed by atoms with Gasteiger partial charge in [-0.05, 0) is 46.9 Å². The average molecular weight is 522 g/mol. The standard InChI is InChI=1S/C27H24FN3O5S/c1-26(2,3)18-6-10-20(11-7-18)30-24(32)16-37(36)27(30)22-14-21(31(34)35)12-13-23(22)29(25(27)33)15-17-4-8-19(28)9-5-17/h4-14H,15-16H2,1-3H3. The molecule has 8 nitrogen and oxygen atoms in total. The monoisotopic (exact) mass is 521 g/mol. The van der Waals surface area contributed by atoms with E-state index >= 15 is 0 Å². The van der Waals surface area contributed by atoms with Crippen molar-refractivity contribution in [1.29, 1.82) is 0 Å². The van der Waals surface area contributed by atoms with E-state index in [9.17, 15) is 28.3 Å². The van der Waals surface area contributed by atoms with Crippen LogP contribution in [0.15, 0.2) is 66.7 Å². The van der Waals surface area contributed by atoms with Crippen LogP contribution < -0.4 is 9.80 Å². The number of amides is 2. The molecule has 3 aromatic rings. The molecule has 1 spiro atoms. The Balaban J connectivity index is 1.70. The van der Waals surface area contributed by atoms with Crippen molar-refractivity contribution >= 4 is 39.7 Å². The normalized spacial score (nSPS) is 21.1. The number of benzene rings is 3. The van der Waals surface area contributed by atoms with Gasteiger partial charge < -0.3 is 4.90 Å². The van der Waals surface area contributed by atoms with Crippen LogP contribution in [-0.4, -0.2) is 26.7 Å². The van der Waals surface area contributed by atoms with Crippen molar-refractivity contribution in [2.75, 3.05) is 15.6 Å². The molecule has 2 amide bonds. The van der Waals surface area contributed by atoms with Gasteiger partial charge in [0.2, 0.25) is 10.8 Å². The van der Waals surface area contributed by atoms with Crippen LogP contribution >= 0.6 is 0 Å². The fourth-order valence-electron chi connectivity index (χ4n) is 4.91. The summed E-state index contributed by atoms with van der Waals surface area (Å²) < 4.78 is 27.2. The molecule has 2 heterocycles. The third-order valence-corrected chi connectivity index (χ3v) is 8.52. The number of fused-ring (bicyclic) bond motifs is 2.